The lowest BCUT2D eigenvalue weighted by molar-refractivity contribution is 0.286. The van der Waals surface area contributed by atoms with Crippen molar-refractivity contribution in [1.29, 1.82) is 0 Å². The van der Waals surface area contributed by atoms with Crippen molar-refractivity contribution in [1.82, 2.24) is 9.97 Å². The predicted octanol–water partition coefficient (Wildman–Crippen LogP) is 7.09. The highest BCUT2D eigenvalue weighted by Crippen LogP contribution is 2.27. The molecule has 5 heteroatoms. The molecule has 32 heavy (non-hydrogen) atoms. The van der Waals surface area contributed by atoms with Gasteiger partial charge >= 0.3 is 0 Å². The zero-order valence-corrected chi connectivity index (χ0v) is 19.5. The number of anilines is 2. The molecule has 0 saturated heterocycles. The summed E-state index contributed by atoms with van der Waals surface area (Å²) in [5.41, 5.74) is 4.02. The van der Waals surface area contributed by atoms with E-state index in [2.05, 4.69) is 48.2 Å². The lowest BCUT2D eigenvalue weighted by atomic mass is 9.96. The van der Waals surface area contributed by atoms with Crippen LogP contribution in [-0.4, -0.2) is 16.6 Å². The summed E-state index contributed by atoms with van der Waals surface area (Å²) in [7, 11) is 0. The number of nitrogens with one attached hydrogen (secondary N) is 1. The lowest BCUT2D eigenvalue weighted by Gasteiger charge is -2.15. The molecule has 3 aromatic rings. The summed E-state index contributed by atoms with van der Waals surface area (Å²) in [4.78, 5) is 8.11. The molecule has 170 valence electrons. The maximum atomic E-state index is 6.01. The third-order valence-electron chi connectivity index (χ3n) is 5.64. The summed E-state index contributed by atoms with van der Waals surface area (Å²) in [6.45, 7) is 7.81. The Balaban J connectivity index is 1.51. The van der Waals surface area contributed by atoms with Crippen LogP contribution < -0.4 is 14.8 Å². The van der Waals surface area contributed by atoms with Crippen molar-refractivity contribution in [2.24, 2.45) is 5.92 Å². The molecule has 0 aliphatic heterocycles. The van der Waals surface area contributed by atoms with Gasteiger partial charge in [-0.1, -0.05) is 39.2 Å². The lowest BCUT2D eigenvalue weighted by Crippen LogP contribution is -2.04. The van der Waals surface area contributed by atoms with E-state index in [9.17, 15) is 0 Å². The van der Waals surface area contributed by atoms with Gasteiger partial charge in [0.1, 0.15) is 24.4 Å². The normalized spacial score (nSPS) is 11.7. The van der Waals surface area contributed by atoms with E-state index in [1.165, 1.54) is 32.0 Å². The number of hydrogen-bond acceptors (Lipinski definition) is 5. The molecule has 3 rings (SSSR count). The zero-order chi connectivity index (χ0) is 22.6. The summed E-state index contributed by atoms with van der Waals surface area (Å²) >= 11 is 0. The zero-order valence-electron chi connectivity index (χ0n) is 19.5. The van der Waals surface area contributed by atoms with E-state index in [0.717, 1.165) is 53.1 Å². The van der Waals surface area contributed by atoms with Crippen molar-refractivity contribution in [3.63, 3.8) is 0 Å². The van der Waals surface area contributed by atoms with Crippen molar-refractivity contribution < 1.29 is 9.47 Å². The second kappa shape index (κ2) is 12.7. The molecule has 1 unspecified atom stereocenters. The quantitative estimate of drug-likeness (QED) is 0.292. The maximum Gasteiger partial charge on any atom is 0.130 e. The highest BCUT2D eigenvalue weighted by molar-refractivity contribution is 5.65. The van der Waals surface area contributed by atoms with Gasteiger partial charge in [0, 0.05) is 23.6 Å². The largest absolute Gasteiger partial charge is 0.494 e. The fraction of sp³-hybridized carbons (Fsp3) is 0.407. The molecule has 1 atom stereocenters. The molecule has 1 aromatic heterocycles. The van der Waals surface area contributed by atoms with Gasteiger partial charge in [0.2, 0.25) is 0 Å². The number of aryl methyl sites for hydroxylation is 1. The third kappa shape index (κ3) is 7.56. The Morgan fingerprint density at radius 1 is 0.969 bits per heavy atom. The Labute approximate surface area is 192 Å². The molecule has 0 aliphatic rings. The van der Waals surface area contributed by atoms with Gasteiger partial charge in [-0.25, -0.2) is 9.97 Å². The number of aromatic nitrogens is 2. The van der Waals surface area contributed by atoms with Gasteiger partial charge in [0.15, 0.2) is 0 Å². The van der Waals surface area contributed by atoms with Gasteiger partial charge in [-0.3, -0.25) is 0 Å². The average molecular weight is 434 g/mol. The van der Waals surface area contributed by atoms with Gasteiger partial charge < -0.3 is 14.8 Å². The topological polar surface area (TPSA) is 56.3 Å². The highest BCUT2D eigenvalue weighted by atomic mass is 16.5. The standard InChI is InChI=1S/C27H35N3O2/c1-4-8-22(5-2)9-7-16-31-25-11-6-10-23(18-25)30-27-13-12-26(17-21(27)3)32-19-24-14-15-28-20-29-24/h6,10-15,17-18,20,22,30H,4-5,7-9,16,19H2,1-3H3. The van der Waals surface area contributed by atoms with Crippen molar-refractivity contribution in [2.75, 3.05) is 11.9 Å². The maximum absolute atomic E-state index is 6.01. The molecule has 0 spiro atoms. The van der Waals surface area contributed by atoms with Crippen LogP contribution in [0.25, 0.3) is 0 Å². The van der Waals surface area contributed by atoms with E-state index in [1.807, 2.05) is 36.4 Å². The number of hydrogen-bond donors (Lipinski definition) is 1. The van der Waals surface area contributed by atoms with Crippen molar-refractivity contribution >= 4 is 11.4 Å². The molecule has 0 bridgehead atoms. The monoisotopic (exact) mass is 433 g/mol. The first kappa shape index (κ1) is 23.6. The summed E-state index contributed by atoms with van der Waals surface area (Å²) < 4.78 is 11.9. The molecule has 5 nitrogen and oxygen atoms in total. The molecule has 0 fully saturated rings. The van der Waals surface area contributed by atoms with Crippen LogP contribution in [0.2, 0.25) is 0 Å². The van der Waals surface area contributed by atoms with Crippen molar-refractivity contribution in [3.8, 4) is 11.5 Å². The first-order valence-electron chi connectivity index (χ1n) is 11.7. The van der Waals surface area contributed by atoms with Crippen LogP contribution in [0.3, 0.4) is 0 Å². The van der Waals surface area contributed by atoms with Crippen LogP contribution in [0.1, 0.15) is 57.2 Å². The third-order valence-corrected chi connectivity index (χ3v) is 5.64. The molecule has 1 heterocycles. The summed E-state index contributed by atoms with van der Waals surface area (Å²) in [5.74, 6) is 2.55. The Hall–Kier alpha value is -3.08. The van der Waals surface area contributed by atoms with Gasteiger partial charge in [0.05, 0.1) is 12.3 Å². The van der Waals surface area contributed by atoms with E-state index in [0.29, 0.717) is 6.61 Å². The number of ether oxygens (including phenoxy) is 2. The average Bonchev–Trinajstić information content (AvgIpc) is 2.82. The molecular formula is C27H35N3O2. The number of rotatable bonds is 13. The highest BCUT2D eigenvalue weighted by Gasteiger charge is 2.06. The smallest absolute Gasteiger partial charge is 0.130 e. The Morgan fingerprint density at radius 3 is 2.59 bits per heavy atom. The first-order chi connectivity index (χ1) is 15.7. The van der Waals surface area contributed by atoms with Crippen LogP contribution >= 0.6 is 0 Å². The minimum Gasteiger partial charge on any atom is -0.494 e. The van der Waals surface area contributed by atoms with Crippen LogP contribution in [0.4, 0.5) is 11.4 Å². The summed E-state index contributed by atoms with van der Waals surface area (Å²) in [6.07, 6.45) is 9.44. The van der Waals surface area contributed by atoms with E-state index in [-0.39, 0.29) is 0 Å². The van der Waals surface area contributed by atoms with Crippen LogP contribution in [0.15, 0.2) is 61.1 Å². The fourth-order valence-electron chi connectivity index (χ4n) is 3.77. The molecule has 0 radical (unpaired) electrons. The Morgan fingerprint density at radius 2 is 1.84 bits per heavy atom. The SMILES string of the molecule is CCCC(CC)CCCOc1cccc(Nc2ccc(OCc3ccncn3)cc2C)c1. The molecular weight excluding hydrogens is 398 g/mol. The molecule has 0 aliphatic carbocycles. The Kier molecular flexibility index (Phi) is 9.36. The van der Waals surface area contributed by atoms with Crippen LogP contribution in [0.5, 0.6) is 11.5 Å². The van der Waals surface area contributed by atoms with Gasteiger partial charge in [-0.05, 0) is 67.6 Å². The minimum absolute atomic E-state index is 0.422. The number of nitrogens with zero attached hydrogens (tertiary/aromatic N) is 2. The van der Waals surface area contributed by atoms with E-state index in [4.69, 9.17) is 9.47 Å². The van der Waals surface area contributed by atoms with E-state index >= 15 is 0 Å². The van der Waals surface area contributed by atoms with E-state index in [1.54, 1.807) is 6.20 Å². The van der Waals surface area contributed by atoms with Gasteiger partial charge in [0.25, 0.3) is 0 Å². The van der Waals surface area contributed by atoms with Crippen LogP contribution in [0, 0.1) is 12.8 Å². The molecule has 0 saturated carbocycles. The molecule has 0 amide bonds. The van der Waals surface area contributed by atoms with Crippen LogP contribution in [-0.2, 0) is 6.61 Å². The first-order valence-corrected chi connectivity index (χ1v) is 11.7. The second-order valence-electron chi connectivity index (χ2n) is 8.17. The summed E-state index contributed by atoms with van der Waals surface area (Å²) in [5, 5.41) is 3.49. The minimum atomic E-state index is 0.422. The molecule has 2 aromatic carbocycles. The summed E-state index contributed by atoms with van der Waals surface area (Å²) in [6, 6.07) is 16.1. The van der Waals surface area contributed by atoms with Gasteiger partial charge in [-0.15, -0.1) is 0 Å². The Bertz CT molecular complexity index is 947. The van der Waals surface area contributed by atoms with Crippen molar-refractivity contribution in [3.05, 3.63) is 72.3 Å². The predicted molar refractivity (Wildman–Crippen MR) is 131 cm³/mol. The second-order valence-corrected chi connectivity index (χ2v) is 8.17. The molecule has 1 N–H and O–H groups in total. The van der Waals surface area contributed by atoms with E-state index < -0.39 is 0 Å². The van der Waals surface area contributed by atoms with Gasteiger partial charge in [-0.2, -0.15) is 0 Å². The fourth-order valence-corrected chi connectivity index (χ4v) is 3.77. The number of benzene rings is 2. The van der Waals surface area contributed by atoms with Crippen molar-refractivity contribution in [2.45, 2.75) is 59.5 Å².